The third-order valence-corrected chi connectivity index (χ3v) is 4.68. The topological polar surface area (TPSA) is 46.6 Å². The van der Waals surface area contributed by atoms with Gasteiger partial charge in [-0.05, 0) is 51.5 Å². The van der Waals surface area contributed by atoms with E-state index in [4.69, 9.17) is 16.3 Å². The Morgan fingerprint density at radius 2 is 1.77 bits per heavy atom. The molecule has 0 aromatic heterocycles. The Bertz CT molecular complexity index is 889. The Labute approximate surface area is 156 Å². The minimum absolute atomic E-state index is 0.221. The number of carbonyl (C=O) groups excluding carboxylic acids is 2. The molecule has 0 unspecified atom stereocenters. The van der Waals surface area contributed by atoms with Crippen molar-refractivity contribution in [1.82, 2.24) is 0 Å². The fourth-order valence-electron chi connectivity index (χ4n) is 2.91. The van der Waals surface area contributed by atoms with E-state index in [-0.39, 0.29) is 11.3 Å². The number of alkyl halides is 1. The first kappa shape index (κ1) is 18.4. The number of nitrogens with zero attached hydrogens (tertiary/aromatic N) is 1. The fourth-order valence-corrected chi connectivity index (χ4v) is 3.27. The van der Waals surface area contributed by atoms with E-state index >= 15 is 0 Å². The van der Waals surface area contributed by atoms with Gasteiger partial charge in [0.25, 0.3) is 5.91 Å². The summed E-state index contributed by atoms with van der Waals surface area (Å²) in [5.74, 6) is -1.22. The van der Waals surface area contributed by atoms with E-state index in [0.717, 1.165) is 10.5 Å². The molecule has 0 spiro atoms. The van der Waals surface area contributed by atoms with Crippen LogP contribution in [0.4, 0.5) is 14.9 Å². The van der Waals surface area contributed by atoms with E-state index in [9.17, 15) is 14.0 Å². The Kier molecular flexibility index (Phi) is 4.31. The van der Waals surface area contributed by atoms with E-state index in [1.807, 2.05) is 19.1 Å². The second-order valence-corrected chi connectivity index (χ2v) is 7.87. The maximum Gasteiger partial charge on any atom is 0.421 e. The number of imide groups is 1. The van der Waals surface area contributed by atoms with E-state index in [1.54, 1.807) is 32.9 Å². The fraction of sp³-hybridized carbons (Fsp3) is 0.300. The minimum Gasteiger partial charge on any atom is -0.443 e. The predicted octanol–water partition coefficient (Wildman–Crippen LogP) is 4.90. The standard InChI is InChI=1S/C20H19ClFNO3/c1-12-5-7-13(8-6-12)20(21)15-11-14(22)9-10-16(15)23(17(20)24)18(25)26-19(2,3)4/h5-11H,1-4H3/t20-/m1/s1. The summed E-state index contributed by atoms with van der Waals surface area (Å²) in [6.07, 6.45) is -0.843. The zero-order valence-corrected chi connectivity index (χ0v) is 15.7. The van der Waals surface area contributed by atoms with Crippen molar-refractivity contribution in [1.29, 1.82) is 0 Å². The average molecular weight is 376 g/mol. The molecular formula is C20H19ClFNO3. The van der Waals surface area contributed by atoms with Crippen molar-refractivity contribution in [2.45, 2.75) is 38.2 Å². The third-order valence-electron chi connectivity index (χ3n) is 4.09. The molecule has 2 aromatic rings. The van der Waals surface area contributed by atoms with Gasteiger partial charge in [0.2, 0.25) is 0 Å². The lowest BCUT2D eigenvalue weighted by atomic mass is 9.91. The molecule has 1 heterocycles. The van der Waals surface area contributed by atoms with E-state index in [1.165, 1.54) is 18.2 Å². The van der Waals surface area contributed by atoms with Crippen molar-refractivity contribution >= 4 is 29.3 Å². The van der Waals surface area contributed by atoms with Crippen LogP contribution in [0, 0.1) is 12.7 Å². The van der Waals surface area contributed by atoms with Crippen molar-refractivity contribution < 1.29 is 18.7 Å². The molecule has 0 saturated heterocycles. The van der Waals surface area contributed by atoms with E-state index in [2.05, 4.69) is 0 Å². The number of hydrogen-bond donors (Lipinski definition) is 0. The van der Waals surface area contributed by atoms with Crippen LogP contribution in [0.3, 0.4) is 0 Å². The maximum absolute atomic E-state index is 13.9. The summed E-state index contributed by atoms with van der Waals surface area (Å²) in [5, 5.41) is 0. The highest BCUT2D eigenvalue weighted by Gasteiger charge is 2.54. The number of hydrogen-bond acceptors (Lipinski definition) is 3. The molecule has 4 nitrogen and oxygen atoms in total. The molecule has 0 N–H and O–H groups in total. The molecule has 3 rings (SSSR count). The number of benzene rings is 2. The van der Waals surface area contributed by atoms with Crippen LogP contribution in [0.25, 0.3) is 0 Å². The number of halogens is 2. The predicted molar refractivity (Wildman–Crippen MR) is 97.9 cm³/mol. The molecular weight excluding hydrogens is 357 g/mol. The minimum atomic E-state index is -1.69. The van der Waals surface area contributed by atoms with Crippen LogP contribution in [-0.2, 0) is 14.4 Å². The lowest BCUT2D eigenvalue weighted by Crippen LogP contribution is -2.43. The van der Waals surface area contributed by atoms with Gasteiger partial charge in [0.1, 0.15) is 11.4 Å². The zero-order valence-electron chi connectivity index (χ0n) is 15.0. The summed E-state index contributed by atoms with van der Waals surface area (Å²) >= 11 is 6.75. The smallest absolute Gasteiger partial charge is 0.421 e. The third kappa shape index (κ3) is 2.97. The summed E-state index contributed by atoms with van der Waals surface area (Å²) < 4.78 is 19.2. The molecule has 1 aliphatic heterocycles. The van der Waals surface area contributed by atoms with Crippen LogP contribution in [0.2, 0.25) is 0 Å². The van der Waals surface area contributed by atoms with Gasteiger partial charge in [-0.15, -0.1) is 0 Å². The molecule has 1 atom stereocenters. The molecule has 6 heteroatoms. The highest BCUT2D eigenvalue weighted by atomic mass is 35.5. The second kappa shape index (κ2) is 6.09. The molecule has 0 bridgehead atoms. The van der Waals surface area contributed by atoms with Gasteiger partial charge in [0, 0.05) is 5.56 Å². The highest BCUT2D eigenvalue weighted by molar-refractivity contribution is 6.44. The van der Waals surface area contributed by atoms with Crippen LogP contribution < -0.4 is 4.90 Å². The summed E-state index contributed by atoms with van der Waals surface area (Å²) in [5.41, 5.74) is 1.11. The van der Waals surface area contributed by atoms with Gasteiger partial charge in [-0.25, -0.2) is 14.1 Å². The summed E-state index contributed by atoms with van der Waals surface area (Å²) in [6, 6.07) is 10.8. The molecule has 136 valence electrons. The van der Waals surface area contributed by atoms with Crippen molar-refractivity contribution in [3.8, 4) is 0 Å². The monoisotopic (exact) mass is 375 g/mol. The van der Waals surface area contributed by atoms with Crippen molar-refractivity contribution in [2.24, 2.45) is 0 Å². The Balaban J connectivity index is 2.16. The number of fused-ring (bicyclic) bond motifs is 1. The summed E-state index contributed by atoms with van der Waals surface area (Å²) in [7, 11) is 0. The number of amides is 2. The van der Waals surface area contributed by atoms with Gasteiger partial charge in [0.05, 0.1) is 5.69 Å². The van der Waals surface area contributed by atoms with Gasteiger partial charge in [-0.1, -0.05) is 41.4 Å². The lowest BCUT2D eigenvalue weighted by Gasteiger charge is -2.25. The van der Waals surface area contributed by atoms with Crippen molar-refractivity contribution in [3.63, 3.8) is 0 Å². The first-order valence-corrected chi connectivity index (χ1v) is 8.55. The van der Waals surface area contributed by atoms with E-state index in [0.29, 0.717) is 5.56 Å². The number of rotatable bonds is 1. The largest absolute Gasteiger partial charge is 0.443 e. The molecule has 2 aromatic carbocycles. The van der Waals surface area contributed by atoms with Gasteiger partial charge in [-0.2, -0.15) is 0 Å². The zero-order chi connectivity index (χ0) is 19.3. The van der Waals surface area contributed by atoms with Gasteiger partial charge < -0.3 is 4.74 Å². The summed E-state index contributed by atoms with van der Waals surface area (Å²) in [6.45, 7) is 7.00. The molecule has 0 aliphatic carbocycles. The Hall–Kier alpha value is -2.40. The number of carbonyl (C=O) groups is 2. The van der Waals surface area contributed by atoms with Crippen molar-refractivity contribution in [2.75, 3.05) is 4.90 Å². The van der Waals surface area contributed by atoms with Gasteiger partial charge in [-0.3, -0.25) is 4.79 Å². The van der Waals surface area contributed by atoms with Crippen LogP contribution in [0.15, 0.2) is 42.5 Å². The normalized spacial score (nSPS) is 19.5. The second-order valence-electron chi connectivity index (χ2n) is 7.31. The van der Waals surface area contributed by atoms with Crippen LogP contribution in [0.5, 0.6) is 0 Å². The summed E-state index contributed by atoms with van der Waals surface area (Å²) in [4.78, 5) is 25.0. The first-order chi connectivity index (χ1) is 12.0. The maximum atomic E-state index is 13.9. The molecule has 0 saturated carbocycles. The number of ether oxygens (including phenoxy) is 1. The molecule has 1 aliphatic rings. The SMILES string of the molecule is Cc1ccc([C@]2(Cl)C(=O)N(C(=O)OC(C)(C)C)c3ccc(F)cc32)cc1. The van der Waals surface area contributed by atoms with Gasteiger partial charge in [0.15, 0.2) is 4.87 Å². The quantitative estimate of drug-likeness (QED) is 0.666. The molecule has 0 fully saturated rings. The van der Waals surface area contributed by atoms with Gasteiger partial charge >= 0.3 is 6.09 Å². The Morgan fingerprint density at radius 1 is 1.15 bits per heavy atom. The first-order valence-electron chi connectivity index (χ1n) is 8.17. The van der Waals surface area contributed by atoms with Crippen LogP contribution in [0.1, 0.15) is 37.5 Å². The van der Waals surface area contributed by atoms with Crippen LogP contribution >= 0.6 is 11.6 Å². The van der Waals surface area contributed by atoms with Crippen molar-refractivity contribution in [3.05, 3.63) is 65.0 Å². The highest BCUT2D eigenvalue weighted by Crippen LogP contribution is 2.49. The molecule has 2 amide bonds. The number of aryl methyl sites for hydroxylation is 1. The number of anilines is 1. The van der Waals surface area contributed by atoms with E-state index < -0.39 is 28.3 Å². The van der Waals surface area contributed by atoms with Crippen LogP contribution in [-0.4, -0.2) is 17.6 Å². The average Bonchev–Trinajstić information content (AvgIpc) is 2.75. The lowest BCUT2D eigenvalue weighted by molar-refractivity contribution is -0.119. The Morgan fingerprint density at radius 3 is 2.35 bits per heavy atom. The molecule has 0 radical (unpaired) electrons. The molecule has 26 heavy (non-hydrogen) atoms.